The number of hydrogen-bond acceptors (Lipinski definition) is 13. The number of carbonyl (C=O) groups is 4. The summed E-state index contributed by atoms with van der Waals surface area (Å²) in [5.74, 6) is -1.30. The number of hydrogen-bond donors (Lipinski definition) is 0. The van der Waals surface area contributed by atoms with Crippen molar-refractivity contribution in [3.05, 3.63) is 0 Å². The summed E-state index contributed by atoms with van der Waals surface area (Å²) in [5.41, 5.74) is 0. The van der Waals surface area contributed by atoms with Gasteiger partial charge in [0.2, 0.25) is 0 Å². The van der Waals surface area contributed by atoms with Gasteiger partial charge in [0.05, 0.1) is 47.0 Å². The van der Waals surface area contributed by atoms with Crippen LogP contribution >= 0.6 is 23.0 Å². The van der Waals surface area contributed by atoms with Crippen LogP contribution in [0.1, 0.15) is 39.5 Å². The molecule has 0 aliphatic carbocycles. The van der Waals surface area contributed by atoms with Gasteiger partial charge in [0.25, 0.3) is 0 Å². The highest BCUT2D eigenvalue weighted by Gasteiger charge is 2.29. The first-order valence-electron chi connectivity index (χ1n) is 13.2. The molecule has 1 fully saturated rings. The van der Waals surface area contributed by atoms with E-state index in [-0.39, 0.29) is 43.6 Å². The van der Waals surface area contributed by atoms with Crippen molar-refractivity contribution in [3.8, 4) is 0 Å². The van der Waals surface area contributed by atoms with Crippen LogP contribution in [-0.2, 0) is 41.5 Å². The fraction of sp³-hybridized carbons (Fsp3) is 0.840. The van der Waals surface area contributed by atoms with Crippen LogP contribution in [0.5, 0.6) is 0 Å². The summed E-state index contributed by atoms with van der Waals surface area (Å²) < 4.78 is 18.7. The van der Waals surface area contributed by atoms with Crippen molar-refractivity contribution in [2.24, 2.45) is 0 Å². The summed E-state index contributed by atoms with van der Waals surface area (Å²) >= 11 is 1.50. The number of esters is 3. The molecule has 0 N–H and O–H groups in total. The summed E-state index contributed by atoms with van der Waals surface area (Å²) in [6.45, 7) is 11.2. The Morgan fingerprint density at radius 2 is 0.974 bits per heavy atom. The van der Waals surface area contributed by atoms with Gasteiger partial charge in [-0.1, -0.05) is 0 Å². The molecule has 1 aliphatic heterocycles. The zero-order chi connectivity index (χ0) is 29.2. The van der Waals surface area contributed by atoms with E-state index in [1.807, 2.05) is 0 Å². The average molecular weight is 673 g/mol. The molecule has 0 aromatic carbocycles. The van der Waals surface area contributed by atoms with E-state index in [9.17, 15) is 19.2 Å². The largest absolute Gasteiger partial charge is 0.469 e. The van der Waals surface area contributed by atoms with Gasteiger partial charge < -0.3 is 24.0 Å². The first-order chi connectivity index (χ1) is 18.6. The molecule has 226 valence electrons. The zero-order valence-corrected chi connectivity index (χ0v) is 26.1. The molecule has 1 saturated heterocycles. The smallest absolute Gasteiger partial charge is 0.344 e. The third-order valence-electron chi connectivity index (χ3n) is 6.99. The molecule has 1 aliphatic rings. The van der Waals surface area contributed by atoms with E-state index in [0.29, 0.717) is 44.8 Å². The molecule has 0 aromatic heterocycles. The van der Waals surface area contributed by atoms with Crippen LogP contribution < -0.4 is 0 Å². The summed E-state index contributed by atoms with van der Waals surface area (Å²) in [7, 11) is 4.11. The maximum Gasteiger partial charge on any atom is 0.344 e. The Labute approximate surface area is 245 Å². The van der Waals surface area contributed by atoms with Crippen molar-refractivity contribution in [3.63, 3.8) is 0 Å². The molecule has 13 nitrogen and oxygen atoms in total. The summed E-state index contributed by atoms with van der Waals surface area (Å²) in [4.78, 5) is 60.2. The first kappa shape index (κ1) is 35.4. The minimum Gasteiger partial charge on any atom is -0.469 e. The fourth-order valence-electron chi connectivity index (χ4n) is 4.48. The van der Waals surface area contributed by atoms with E-state index in [4.69, 9.17) is 14.2 Å². The molecule has 0 spiro atoms. The molecule has 0 radical (unpaired) electrons. The van der Waals surface area contributed by atoms with E-state index in [2.05, 4.69) is 41.6 Å². The third kappa shape index (κ3) is 15.1. The van der Waals surface area contributed by atoms with Crippen molar-refractivity contribution in [2.75, 3.05) is 86.8 Å². The third-order valence-corrected chi connectivity index (χ3v) is 7.17. The topological polar surface area (TPSA) is 127 Å². The number of ether oxygens (including phenoxy) is 3. The minimum atomic E-state index is -0.463. The number of halogens is 1. The van der Waals surface area contributed by atoms with Crippen LogP contribution in [-0.4, -0.2) is 142 Å². The van der Waals surface area contributed by atoms with Crippen molar-refractivity contribution < 1.29 is 41.5 Å². The van der Waals surface area contributed by atoms with Gasteiger partial charge in [0.1, 0.15) is 0 Å². The highest BCUT2D eigenvalue weighted by Crippen LogP contribution is 2.15. The van der Waals surface area contributed by atoms with Crippen molar-refractivity contribution in [1.29, 1.82) is 0 Å². The van der Waals surface area contributed by atoms with Crippen LogP contribution in [0.15, 0.2) is 0 Å². The second kappa shape index (κ2) is 20.3. The molecule has 0 amide bonds. The first-order valence-corrected chi connectivity index (χ1v) is 14.1. The van der Waals surface area contributed by atoms with Gasteiger partial charge in [-0.15, -0.1) is 3.22 Å². The van der Waals surface area contributed by atoms with Gasteiger partial charge in [-0.05, 0) is 13.8 Å². The Morgan fingerprint density at radius 1 is 0.641 bits per heavy atom. The van der Waals surface area contributed by atoms with Gasteiger partial charge in [0, 0.05) is 77.5 Å². The second-order valence-electron chi connectivity index (χ2n) is 9.62. The normalized spacial score (nSPS) is 18.3. The molecule has 0 bridgehead atoms. The van der Waals surface area contributed by atoms with Gasteiger partial charge in [-0.2, -0.15) is 0 Å². The second-order valence-corrected chi connectivity index (χ2v) is 9.98. The lowest BCUT2D eigenvalue weighted by molar-refractivity contribution is -0.195. The van der Waals surface area contributed by atoms with Crippen molar-refractivity contribution in [1.82, 2.24) is 19.6 Å². The van der Waals surface area contributed by atoms with E-state index in [1.54, 1.807) is 0 Å². The monoisotopic (exact) mass is 672 g/mol. The fourth-order valence-corrected chi connectivity index (χ4v) is 4.68. The van der Waals surface area contributed by atoms with Crippen LogP contribution in [0.25, 0.3) is 0 Å². The maximum absolute atomic E-state index is 11.7. The standard InChI is InChI=1S/C25H45IN4O9/c1-20-19-30(17-15-28(12-8-24(33)37-5)13-9-25(34)38-39-26)21(2)18-29(20)16-14-27(10-6-22(31)35-3)11-7-23(32)36-4/h20-21H,6-19H2,1-5H3/t20-,21+/m0/s1. The molecular weight excluding hydrogens is 627 g/mol. The summed E-state index contributed by atoms with van der Waals surface area (Å²) in [6.07, 6.45) is 0.947. The van der Waals surface area contributed by atoms with E-state index in [0.717, 1.165) is 32.7 Å². The molecule has 1 heterocycles. The molecule has 0 saturated carbocycles. The van der Waals surface area contributed by atoms with Crippen LogP contribution in [0.4, 0.5) is 0 Å². The summed E-state index contributed by atoms with van der Waals surface area (Å²) in [6, 6.07) is 0.614. The molecule has 39 heavy (non-hydrogen) atoms. The Morgan fingerprint density at radius 3 is 1.28 bits per heavy atom. The molecule has 1 rings (SSSR count). The van der Waals surface area contributed by atoms with Crippen LogP contribution in [0.2, 0.25) is 0 Å². The molecule has 0 unspecified atom stereocenters. The quantitative estimate of drug-likeness (QED) is 0.0635. The highest BCUT2D eigenvalue weighted by molar-refractivity contribution is 14.1. The lowest BCUT2D eigenvalue weighted by Crippen LogP contribution is -2.58. The molecular formula is C25H45IN4O9. The van der Waals surface area contributed by atoms with Crippen molar-refractivity contribution in [2.45, 2.75) is 51.6 Å². The Bertz CT molecular complexity index is 741. The van der Waals surface area contributed by atoms with E-state index < -0.39 is 5.97 Å². The predicted octanol–water partition coefficient (Wildman–Crippen LogP) is 0.889. The van der Waals surface area contributed by atoms with Gasteiger partial charge in [-0.3, -0.25) is 29.1 Å². The lowest BCUT2D eigenvalue weighted by Gasteiger charge is -2.45. The molecule has 0 aromatic rings. The Kier molecular flexibility index (Phi) is 18.5. The number of rotatable bonds is 19. The van der Waals surface area contributed by atoms with E-state index >= 15 is 0 Å². The van der Waals surface area contributed by atoms with Gasteiger partial charge >= 0.3 is 23.9 Å². The maximum atomic E-state index is 11.7. The summed E-state index contributed by atoms with van der Waals surface area (Å²) in [5, 5.41) is 0. The van der Waals surface area contributed by atoms with E-state index in [1.165, 1.54) is 44.3 Å². The highest BCUT2D eigenvalue weighted by atomic mass is 127. The lowest BCUT2D eigenvalue weighted by atomic mass is 10.1. The minimum absolute atomic E-state index is 0.159. The molecule has 2 atom stereocenters. The number of methoxy groups -OCH3 is 3. The predicted molar refractivity (Wildman–Crippen MR) is 151 cm³/mol. The Balaban J connectivity index is 2.63. The average Bonchev–Trinajstić information content (AvgIpc) is 2.93. The van der Waals surface area contributed by atoms with Crippen LogP contribution in [0, 0.1) is 0 Å². The SMILES string of the molecule is COC(=O)CCN(CCC(=O)OOI)CCN1C[C@H](C)N(CCN(CCC(=O)OC)CCC(=O)OC)C[C@H]1C. The Hall–Kier alpha value is -1.59. The van der Waals surface area contributed by atoms with Gasteiger partial charge in [0.15, 0.2) is 23.0 Å². The van der Waals surface area contributed by atoms with Crippen molar-refractivity contribution >= 4 is 46.9 Å². The molecule has 14 heteroatoms. The van der Waals surface area contributed by atoms with Gasteiger partial charge in [-0.25, -0.2) is 4.79 Å². The van der Waals surface area contributed by atoms with Crippen LogP contribution in [0.3, 0.4) is 0 Å². The number of carbonyl (C=O) groups excluding carboxylic acids is 4. The number of piperazine rings is 1. The zero-order valence-electron chi connectivity index (χ0n) is 23.9. The number of nitrogens with zero attached hydrogens (tertiary/aromatic N) is 4.